The lowest BCUT2D eigenvalue weighted by Gasteiger charge is -2.04. The molecule has 1 aliphatic heterocycles. The van der Waals surface area contributed by atoms with Gasteiger partial charge in [-0.05, 0) is 36.4 Å². The number of fused-ring (bicyclic) bond motifs is 1. The van der Waals surface area contributed by atoms with Crippen LogP contribution in [0.4, 0.5) is 0 Å². The lowest BCUT2D eigenvalue weighted by molar-refractivity contribution is 0.0947. The van der Waals surface area contributed by atoms with Crippen molar-refractivity contribution in [1.29, 1.82) is 0 Å². The zero-order chi connectivity index (χ0) is 16.5. The van der Waals surface area contributed by atoms with Crippen molar-refractivity contribution in [2.75, 3.05) is 6.79 Å². The molecule has 122 valence electrons. The molecule has 24 heavy (non-hydrogen) atoms. The summed E-state index contributed by atoms with van der Waals surface area (Å²) in [5.41, 5.74) is 1.39. The third-order valence-electron chi connectivity index (χ3n) is 3.79. The van der Waals surface area contributed by atoms with E-state index in [9.17, 15) is 4.79 Å². The summed E-state index contributed by atoms with van der Waals surface area (Å²) in [5.74, 6) is 2.41. The first-order valence-electron chi connectivity index (χ1n) is 7.45. The number of ether oxygens (including phenoxy) is 2. The van der Waals surface area contributed by atoms with E-state index in [-0.39, 0.29) is 12.7 Å². The Morgan fingerprint density at radius 2 is 2.08 bits per heavy atom. The molecule has 3 aromatic rings. The normalized spacial score (nSPS) is 12.4. The van der Waals surface area contributed by atoms with Gasteiger partial charge in [0.25, 0.3) is 5.91 Å². The Morgan fingerprint density at radius 1 is 1.21 bits per heavy atom. The second kappa shape index (κ2) is 5.77. The average Bonchev–Trinajstić information content (AvgIpc) is 3.31. The molecule has 0 atom stereocenters. The number of carbonyl (C=O) groups excluding carboxylic acids is 1. The van der Waals surface area contributed by atoms with Gasteiger partial charge >= 0.3 is 0 Å². The van der Waals surface area contributed by atoms with Gasteiger partial charge in [-0.1, -0.05) is 0 Å². The molecule has 0 saturated heterocycles. The van der Waals surface area contributed by atoms with Gasteiger partial charge in [0, 0.05) is 18.8 Å². The fourth-order valence-electron chi connectivity index (χ4n) is 2.53. The highest BCUT2D eigenvalue weighted by Crippen LogP contribution is 2.32. The number of hydrogen-bond acceptors (Lipinski definition) is 5. The summed E-state index contributed by atoms with van der Waals surface area (Å²) in [6, 6.07) is 10.7. The van der Waals surface area contributed by atoms with Crippen molar-refractivity contribution in [2.45, 2.75) is 6.54 Å². The first-order chi connectivity index (χ1) is 11.7. The number of amides is 1. The quantitative estimate of drug-likeness (QED) is 0.796. The summed E-state index contributed by atoms with van der Waals surface area (Å²) in [6.45, 7) is 0.481. The second-order valence-corrected chi connectivity index (χ2v) is 5.36. The first kappa shape index (κ1) is 14.4. The zero-order valence-electron chi connectivity index (χ0n) is 13.0. The maximum Gasteiger partial charge on any atom is 0.251 e. The van der Waals surface area contributed by atoms with Crippen molar-refractivity contribution in [3.63, 3.8) is 0 Å². The second-order valence-electron chi connectivity index (χ2n) is 5.36. The van der Waals surface area contributed by atoms with Gasteiger partial charge in [-0.25, -0.2) is 0 Å². The van der Waals surface area contributed by atoms with Crippen LogP contribution in [0.1, 0.15) is 16.1 Å². The molecule has 0 aliphatic carbocycles. The minimum absolute atomic E-state index is 0.184. The van der Waals surface area contributed by atoms with Gasteiger partial charge in [0.2, 0.25) is 6.79 Å². The van der Waals surface area contributed by atoms with Crippen LogP contribution in [0.2, 0.25) is 0 Å². The molecule has 1 N–H and O–H groups in total. The number of aromatic nitrogens is 2. The summed E-state index contributed by atoms with van der Waals surface area (Å²) in [7, 11) is 1.85. The Morgan fingerprint density at radius 3 is 2.92 bits per heavy atom. The van der Waals surface area contributed by atoms with Crippen molar-refractivity contribution in [1.82, 2.24) is 15.1 Å². The molecule has 7 nitrogen and oxygen atoms in total. The molecule has 0 spiro atoms. The topological polar surface area (TPSA) is 78.5 Å². The molecule has 4 rings (SSSR count). The van der Waals surface area contributed by atoms with Gasteiger partial charge in [-0.2, -0.15) is 5.10 Å². The fourth-order valence-corrected chi connectivity index (χ4v) is 2.53. The van der Waals surface area contributed by atoms with Gasteiger partial charge in [-0.3, -0.25) is 9.48 Å². The van der Waals surface area contributed by atoms with Gasteiger partial charge in [0.1, 0.15) is 11.5 Å². The van der Waals surface area contributed by atoms with Crippen LogP contribution in [-0.4, -0.2) is 22.5 Å². The van der Waals surface area contributed by atoms with E-state index in [4.69, 9.17) is 13.9 Å². The monoisotopic (exact) mass is 325 g/mol. The van der Waals surface area contributed by atoms with Crippen LogP contribution in [0, 0.1) is 0 Å². The maximum atomic E-state index is 12.2. The van der Waals surface area contributed by atoms with Crippen LogP contribution in [0.15, 0.2) is 47.0 Å². The third kappa shape index (κ3) is 2.60. The molecule has 1 amide bonds. The summed E-state index contributed by atoms with van der Waals surface area (Å²) in [5, 5.41) is 6.94. The highest BCUT2D eigenvalue weighted by atomic mass is 16.7. The van der Waals surface area contributed by atoms with Crippen LogP contribution in [0.25, 0.3) is 11.5 Å². The van der Waals surface area contributed by atoms with E-state index in [1.54, 1.807) is 29.1 Å². The number of aryl methyl sites for hydroxylation is 1. The number of rotatable bonds is 4. The number of furan rings is 1. The minimum atomic E-state index is -0.202. The Kier molecular flexibility index (Phi) is 3.45. The average molecular weight is 325 g/mol. The number of hydrogen-bond donors (Lipinski definition) is 1. The van der Waals surface area contributed by atoms with Crippen molar-refractivity contribution >= 4 is 5.91 Å². The zero-order valence-corrected chi connectivity index (χ0v) is 13.0. The van der Waals surface area contributed by atoms with Crippen LogP contribution in [0.5, 0.6) is 11.5 Å². The minimum Gasteiger partial charge on any atom is -0.458 e. The number of benzene rings is 1. The predicted molar refractivity (Wildman–Crippen MR) is 84.6 cm³/mol. The van der Waals surface area contributed by atoms with Crippen LogP contribution >= 0.6 is 0 Å². The molecule has 0 saturated carbocycles. The van der Waals surface area contributed by atoms with E-state index in [1.165, 1.54) is 0 Å². The Labute approximate surface area is 137 Å². The van der Waals surface area contributed by atoms with Gasteiger partial charge in [-0.15, -0.1) is 0 Å². The number of carbonyl (C=O) groups is 1. The fraction of sp³-hybridized carbons (Fsp3) is 0.176. The molecule has 0 unspecified atom stereocenters. The van der Waals surface area contributed by atoms with Crippen molar-refractivity contribution in [3.05, 3.63) is 53.9 Å². The summed E-state index contributed by atoms with van der Waals surface area (Å²) in [6.07, 6.45) is 1.71. The Balaban J connectivity index is 1.43. The van der Waals surface area contributed by atoms with E-state index in [0.717, 1.165) is 5.69 Å². The lowest BCUT2D eigenvalue weighted by atomic mass is 10.2. The molecule has 7 heteroatoms. The molecular formula is C17H15N3O4. The maximum absolute atomic E-state index is 12.2. The van der Waals surface area contributed by atoms with E-state index in [0.29, 0.717) is 35.1 Å². The molecule has 0 fully saturated rings. The van der Waals surface area contributed by atoms with Crippen LogP contribution in [-0.2, 0) is 13.6 Å². The van der Waals surface area contributed by atoms with Gasteiger partial charge in [0.05, 0.1) is 6.54 Å². The van der Waals surface area contributed by atoms with Crippen molar-refractivity contribution < 1.29 is 18.7 Å². The van der Waals surface area contributed by atoms with E-state index in [1.807, 2.05) is 25.2 Å². The van der Waals surface area contributed by atoms with E-state index < -0.39 is 0 Å². The summed E-state index contributed by atoms with van der Waals surface area (Å²) in [4.78, 5) is 12.2. The predicted octanol–water partition coefficient (Wildman–Crippen LogP) is 2.34. The van der Waals surface area contributed by atoms with Gasteiger partial charge < -0.3 is 19.2 Å². The Bertz CT molecular complexity index is 897. The molecule has 0 radical (unpaired) electrons. The molecular weight excluding hydrogens is 310 g/mol. The van der Waals surface area contributed by atoms with Gasteiger partial charge in [0.15, 0.2) is 17.3 Å². The third-order valence-corrected chi connectivity index (χ3v) is 3.79. The Hall–Kier alpha value is -3.22. The SMILES string of the molecule is Cn1nccc1-c1ccc(CNC(=O)c2ccc3c(c2)OCO3)o1. The molecule has 0 bridgehead atoms. The molecule has 3 heterocycles. The summed E-state index contributed by atoms with van der Waals surface area (Å²) >= 11 is 0. The molecule has 1 aromatic carbocycles. The number of nitrogens with one attached hydrogen (secondary N) is 1. The van der Waals surface area contributed by atoms with Crippen molar-refractivity contribution in [2.24, 2.45) is 7.05 Å². The standard InChI is InChI=1S/C17H15N3O4/c1-20-13(6-7-19-20)14-5-3-12(24-14)9-18-17(21)11-2-4-15-16(8-11)23-10-22-15/h2-8H,9-10H2,1H3,(H,18,21). The van der Waals surface area contributed by atoms with E-state index >= 15 is 0 Å². The largest absolute Gasteiger partial charge is 0.458 e. The van der Waals surface area contributed by atoms with Crippen LogP contribution < -0.4 is 14.8 Å². The highest BCUT2D eigenvalue weighted by Gasteiger charge is 2.16. The summed E-state index contributed by atoms with van der Waals surface area (Å²) < 4.78 is 18.0. The highest BCUT2D eigenvalue weighted by molar-refractivity contribution is 5.94. The molecule has 1 aliphatic rings. The smallest absolute Gasteiger partial charge is 0.251 e. The number of nitrogens with zero attached hydrogens (tertiary/aromatic N) is 2. The van der Waals surface area contributed by atoms with Crippen molar-refractivity contribution in [3.8, 4) is 23.0 Å². The first-order valence-corrected chi connectivity index (χ1v) is 7.45. The molecule has 2 aromatic heterocycles. The lowest BCUT2D eigenvalue weighted by Crippen LogP contribution is -2.22. The van der Waals surface area contributed by atoms with E-state index in [2.05, 4.69) is 10.4 Å². The van der Waals surface area contributed by atoms with Crippen LogP contribution in [0.3, 0.4) is 0 Å².